The number of nitrogens with zero attached hydrogens (tertiary/aromatic N) is 2. The number of primary amides is 1. The minimum Gasteiger partial charge on any atom is -0.481 e. The zero-order chi connectivity index (χ0) is 20.4. The highest BCUT2D eigenvalue weighted by Gasteiger charge is 2.15. The van der Waals surface area contributed by atoms with Crippen molar-refractivity contribution in [3.63, 3.8) is 0 Å². The lowest BCUT2D eigenvalue weighted by Gasteiger charge is -2.12. The Morgan fingerprint density at radius 3 is 2.14 bits per heavy atom. The summed E-state index contributed by atoms with van der Waals surface area (Å²) in [6, 6.07) is 13.4. The molecule has 2 aromatic carbocycles. The van der Waals surface area contributed by atoms with Crippen molar-refractivity contribution in [2.24, 2.45) is 5.73 Å². The lowest BCUT2D eigenvalue weighted by Crippen LogP contribution is -2.17. The molecule has 1 heterocycles. The number of amides is 1. The van der Waals surface area contributed by atoms with Crippen LogP contribution in [0.15, 0.2) is 42.5 Å². The van der Waals surface area contributed by atoms with Crippen LogP contribution in [-0.2, 0) is 11.2 Å². The molecule has 6 nitrogen and oxygen atoms in total. The minimum absolute atomic E-state index is 0.00577. The van der Waals surface area contributed by atoms with E-state index in [1.165, 1.54) is 0 Å². The molecule has 1 aromatic heterocycles. The van der Waals surface area contributed by atoms with Crippen LogP contribution in [-0.4, -0.2) is 27.0 Å². The summed E-state index contributed by atoms with van der Waals surface area (Å²) in [6.45, 7) is 5.55. The third-order valence-electron chi connectivity index (χ3n) is 4.60. The van der Waals surface area contributed by atoms with Gasteiger partial charge in [0, 0.05) is 5.56 Å². The van der Waals surface area contributed by atoms with Crippen molar-refractivity contribution in [3.05, 3.63) is 70.7 Å². The molecule has 0 unspecified atom stereocenters. The highest BCUT2D eigenvalue weighted by Crippen LogP contribution is 2.29. The Morgan fingerprint density at radius 1 is 0.929 bits per heavy atom. The van der Waals surface area contributed by atoms with E-state index >= 15 is 0 Å². The SMILES string of the molecule is Cc1cc(-c2ccc(CC(=O)O)cc2)ccc1-c1nc(C(N)=O)c(C)nc1C. The number of hydrogen-bond donors (Lipinski definition) is 2. The number of carboxylic acids is 1. The van der Waals surface area contributed by atoms with Gasteiger partial charge in [-0.1, -0.05) is 42.5 Å². The summed E-state index contributed by atoms with van der Waals surface area (Å²) in [5, 5.41) is 8.88. The normalized spacial score (nSPS) is 10.7. The van der Waals surface area contributed by atoms with Crippen LogP contribution in [0.2, 0.25) is 0 Å². The van der Waals surface area contributed by atoms with Crippen molar-refractivity contribution < 1.29 is 14.7 Å². The molecule has 0 saturated heterocycles. The van der Waals surface area contributed by atoms with E-state index in [-0.39, 0.29) is 12.1 Å². The highest BCUT2D eigenvalue weighted by atomic mass is 16.4. The van der Waals surface area contributed by atoms with Gasteiger partial charge in [-0.25, -0.2) is 4.98 Å². The Kier molecular flexibility index (Phi) is 5.22. The summed E-state index contributed by atoms with van der Waals surface area (Å²) in [4.78, 5) is 31.3. The van der Waals surface area contributed by atoms with Crippen LogP contribution < -0.4 is 5.73 Å². The molecule has 3 aromatic rings. The summed E-state index contributed by atoms with van der Waals surface area (Å²) < 4.78 is 0. The van der Waals surface area contributed by atoms with Crippen LogP contribution in [0.25, 0.3) is 22.4 Å². The molecule has 0 radical (unpaired) electrons. The molecule has 1 amide bonds. The second kappa shape index (κ2) is 7.60. The molecular weight excluding hydrogens is 354 g/mol. The number of aliphatic carboxylic acids is 1. The summed E-state index contributed by atoms with van der Waals surface area (Å²) in [5.74, 6) is -1.44. The molecule has 3 N–H and O–H groups in total. The van der Waals surface area contributed by atoms with E-state index in [1.54, 1.807) is 6.92 Å². The molecule has 0 atom stereocenters. The van der Waals surface area contributed by atoms with E-state index < -0.39 is 11.9 Å². The van der Waals surface area contributed by atoms with Crippen LogP contribution in [0.1, 0.15) is 33.0 Å². The van der Waals surface area contributed by atoms with Crippen LogP contribution in [0.4, 0.5) is 0 Å². The van der Waals surface area contributed by atoms with E-state index in [9.17, 15) is 9.59 Å². The van der Waals surface area contributed by atoms with Crippen LogP contribution in [0.3, 0.4) is 0 Å². The van der Waals surface area contributed by atoms with Gasteiger partial charge in [0.2, 0.25) is 0 Å². The van der Waals surface area contributed by atoms with Gasteiger partial charge >= 0.3 is 5.97 Å². The average molecular weight is 375 g/mol. The Hall–Kier alpha value is -3.54. The summed E-state index contributed by atoms with van der Waals surface area (Å²) >= 11 is 0. The van der Waals surface area contributed by atoms with Gasteiger partial charge in [-0.2, -0.15) is 0 Å². The van der Waals surface area contributed by atoms with Crippen LogP contribution in [0.5, 0.6) is 0 Å². The van der Waals surface area contributed by atoms with Crippen molar-refractivity contribution in [2.75, 3.05) is 0 Å². The standard InChI is InChI=1S/C22H21N3O3/c1-12-10-17(16-6-4-15(5-7-16)11-19(26)27)8-9-18(12)20-13(2)24-14(3)21(25-20)22(23)28/h4-10H,11H2,1-3H3,(H2,23,28)(H,26,27). The fourth-order valence-electron chi connectivity index (χ4n) is 3.22. The van der Waals surface area contributed by atoms with Gasteiger partial charge in [-0.05, 0) is 43.0 Å². The van der Waals surface area contributed by atoms with Crippen molar-refractivity contribution in [1.82, 2.24) is 9.97 Å². The molecule has 6 heteroatoms. The molecule has 0 fully saturated rings. The molecule has 28 heavy (non-hydrogen) atoms. The first-order valence-corrected chi connectivity index (χ1v) is 8.83. The van der Waals surface area contributed by atoms with E-state index in [0.717, 1.165) is 33.5 Å². The Balaban J connectivity index is 1.98. The summed E-state index contributed by atoms with van der Waals surface area (Å²) in [6.07, 6.45) is 0.00577. The van der Waals surface area contributed by atoms with Gasteiger partial charge in [0.15, 0.2) is 0 Å². The first-order chi connectivity index (χ1) is 13.3. The maximum Gasteiger partial charge on any atom is 0.307 e. The van der Waals surface area contributed by atoms with Crippen molar-refractivity contribution >= 4 is 11.9 Å². The zero-order valence-electron chi connectivity index (χ0n) is 16.0. The lowest BCUT2D eigenvalue weighted by atomic mass is 9.96. The smallest absolute Gasteiger partial charge is 0.307 e. The Bertz CT molecular complexity index is 1070. The maximum atomic E-state index is 11.6. The molecule has 3 rings (SSSR count). The van der Waals surface area contributed by atoms with Crippen molar-refractivity contribution in [2.45, 2.75) is 27.2 Å². The third kappa shape index (κ3) is 3.91. The first-order valence-electron chi connectivity index (χ1n) is 8.83. The number of carbonyl (C=O) groups is 2. The zero-order valence-corrected chi connectivity index (χ0v) is 16.0. The molecule has 142 valence electrons. The number of aryl methyl sites for hydroxylation is 3. The fraction of sp³-hybridized carbons (Fsp3) is 0.182. The van der Waals surface area contributed by atoms with E-state index in [2.05, 4.69) is 9.97 Å². The molecule has 0 aliphatic carbocycles. The van der Waals surface area contributed by atoms with E-state index in [1.807, 2.05) is 56.3 Å². The number of rotatable bonds is 5. The van der Waals surface area contributed by atoms with Crippen LogP contribution >= 0.6 is 0 Å². The van der Waals surface area contributed by atoms with Crippen molar-refractivity contribution in [1.29, 1.82) is 0 Å². The van der Waals surface area contributed by atoms with Gasteiger partial charge in [0.25, 0.3) is 5.91 Å². The largest absolute Gasteiger partial charge is 0.481 e. The van der Waals surface area contributed by atoms with Gasteiger partial charge in [-0.15, -0.1) is 0 Å². The monoisotopic (exact) mass is 375 g/mol. The Labute approximate surface area is 163 Å². The van der Waals surface area contributed by atoms with Gasteiger partial charge < -0.3 is 10.8 Å². The van der Waals surface area contributed by atoms with E-state index in [4.69, 9.17) is 10.8 Å². The molecule has 0 saturated carbocycles. The number of benzene rings is 2. The second-order valence-corrected chi connectivity index (χ2v) is 6.75. The summed E-state index contributed by atoms with van der Waals surface area (Å²) in [7, 11) is 0. The average Bonchev–Trinajstić information content (AvgIpc) is 2.62. The number of carboxylic acid groups (broad SMARTS) is 1. The quantitative estimate of drug-likeness (QED) is 0.710. The number of carbonyl (C=O) groups excluding carboxylic acids is 1. The first kappa shape index (κ1) is 19.2. The number of nitrogens with two attached hydrogens (primary N) is 1. The Morgan fingerprint density at radius 2 is 1.57 bits per heavy atom. The molecule has 0 aliphatic heterocycles. The fourth-order valence-corrected chi connectivity index (χ4v) is 3.22. The minimum atomic E-state index is -0.849. The molecule has 0 spiro atoms. The van der Waals surface area contributed by atoms with E-state index in [0.29, 0.717) is 11.4 Å². The summed E-state index contributed by atoms with van der Waals surface area (Å²) in [5.41, 5.74) is 12.1. The maximum absolute atomic E-state index is 11.6. The third-order valence-corrected chi connectivity index (χ3v) is 4.60. The molecule has 0 bridgehead atoms. The number of hydrogen-bond acceptors (Lipinski definition) is 4. The van der Waals surface area contributed by atoms with Gasteiger partial charge in [0.05, 0.1) is 23.5 Å². The molecular formula is C22H21N3O3. The lowest BCUT2D eigenvalue weighted by molar-refractivity contribution is -0.136. The molecule has 0 aliphatic rings. The predicted octanol–water partition coefficient (Wildman–Crippen LogP) is 3.46. The van der Waals surface area contributed by atoms with Crippen LogP contribution in [0, 0.1) is 20.8 Å². The topological polar surface area (TPSA) is 106 Å². The predicted molar refractivity (Wildman–Crippen MR) is 107 cm³/mol. The highest BCUT2D eigenvalue weighted by molar-refractivity contribution is 5.92. The van der Waals surface area contributed by atoms with Gasteiger partial charge in [0.1, 0.15) is 5.69 Å². The second-order valence-electron chi connectivity index (χ2n) is 6.75. The van der Waals surface area contributed by atoms with Crippen molar-refractivity contribution in [3.8, 4) is 22.4 Å². The van der Waals surface area contributed by atoms with Gasteiger partial charge in [-0.3, -0.25) is 14.6 Å². The number of aromatic nitrogens is 2.